The van der Waals surface area contributed by atoms with Gasteiger partial charge in [-0.1, -0.05) is 13.8 Å². The second kappa shape index (κ2) is 4.02. The van der Waals surface area contributed by atoms with Crippen molar-refractivity contribution in [1.82, 2.24) is 15.1 Å². The van der Waals surface area contributed by atoms with Gasteiger partial charge in [0.05, 0.1) is 12.2 Å². The van der Waals surface area contributed by atoms with Crippen LogP contribution in [0.5, 0.6) is 0 Å². The number of aromatic nitrogens is 2. The van der Waals surface area contributed by atoms with Gasteiger partial charge in [0, 0.05) is 25.1 Å². The Balaban J connectivity index is 2.07. The molecule has 2 N–H and O–H groups in total. The van der Waals surface area contributed by atoms with E-state index in [-0.39, 0.29) is 11.8 Å². The number of carbonyl (C=O) groups excluding carboxylic acids is 1. The number of nitrogens with zero attached hydrogens (tertiary/aromatic N) is 2. The normalized spacial score (nSPS) is 16.5. The monoisotopic (exact) mass is 208 g/mol. The summed E-state index contributed by atoms with van der Waals surface area (Å²) >= 11 is 0. The first-order valence-corrected chi connectivity index (χ1v) is 5.23. The second-order valence-electron chi connectivity index (χ2n) is 4.12. The second-order valence-corrected chi connectivity index (χ2v) is 4.12. The van der Waals surface area contributed by atoms with E-state index in [1.807, 2.05) is 24.6 Å². The van der Waals surface area contributed by atoms with Gasteiger partial charge in [-0.25, -0.2) is 4.68 Å². The molecule has 0 radical (unpaired) electrons. The van der Waals surface area contributed by atoms with Crippen LogP contribution in [0, 0.1) is 5.92 Å². The highest BCUT2D eigenvalue weighted by molar-refractivity contribution is 5.91. The molecule has 1 aliphatic rings. The van der Waals surface area contributed by atoms with Crippen molar-refractivity contribution in [2.45, 2.75) is 19.9 Å². The zero-order valence-electron chi connectivity index (χ0n) is 9.03. The Hall–Kier alpha value is -1.36. The van der Waals surface area contributed by atoms with Crippen molar-refractivity contribution in [1.29, 1.82) is 0 Å². The van der Waals surface area contributed by atoms with Crippen molar-refractivity contribution in [2.75, 3.05) is 18.4 Å². The average molecular weight is 208 g/mol. The third kappa shape index (κ3) is 2.02. The Bertz CT molecular complexity index is 354. The quantitative estimate of drug-likeness (QED) is 0.765. The third-order valence-corrected chi connectivity index (χ3v) is 2.55. The fourth-order valence-electron chi connectivity index (χ4n) is 1.42. The standard InChI is InChI=1S/C10H16N4O/c1-7(2)10(15)13-9-3-4-12-14(9)8-5-11-6-8/h3-4,7-8,11H,5-6H2,1-2H3,(H,13,15). The minimum atomic E-state index is -0.00661. The predicted molar refractivity (Wildman–Crippen MR) is 57.6 cm³/mol. The molecule has 2 rings (SSSR count). The molecule has 1 saturated heterocycles. The van der Waals surface area contributed by atoms with Gasteiger partial charge in [-0.05, 0) is 0 Å². The van der Waals surface area contributed by atoms with Crippen molar-refractivity contribution in [3.05, 3.63) is 12.3 Å². The van der Waals surface area contributed by atoms with E-state index in [9.17, 15) is 4.79 Å². The molecule has 1 aromatic heterocycles. The summed E-state index contributed by atoms with van der Waals surface area (Å²) in [6.45, 7) is 5.60. The molecule has 1 amide bonds. The van der Waals surface area contributed by atoms with Crippen molar-refractivity contribution in [2.24, 2.45) is 5.92 Å². The van der Waals surface area contributed by atoms with Crippen LogP contribution in [-0.4, -0.2) is 28.8 Å². The van der Waals surface area contributed by atoms with Gasteiger partial charge >= 0.3 is 0 Å². The first-order chi connectivity index (χ1) is 7.18. The van der Waals surface area contributed by atoms with Gasteiger partial charge in [0.1, 0.15) is 5.82 Å². The smallest absolute Gasteiger partial charge is 0.228 e. The average Bonchev–Trinajstić information content (AvgIpc) is 2.50. The van der Waals surface area contributed by atoms with Crippen LogP contribution < -0.4 is 10.6 Å². The van der Waals surface area contributed by atoms with Crippen LogP contribution >= 0.6 is 0 Å². The Morgan fingerprint density at radius 1 is 1.67 bits per heavy atom. The van der Waals surface area contributed by atoms with E-state index >= 15 is 0 Å². The topological polar surface area (TPSA) is 59.0 Å². The number of anilines is 1. The molecule has 0 aromatic carbocycles. The SMILES string of the molecule is CC(C)C(=O)Nc1ccnn1C1CNC1. The van der Waals surface area contributed by atoms with E-state index in [1.165, 1.54) is 0 Å². The van der Waals surface area contributed by atoms with E-state index in [2.05, 4.69) is 15.7 Å². The van der Waals surface area contributed by atoms with Crippen molar-refractivity contribution < 1.29 is 4.79 Å². The Labute approximate surface area is 88.8 Å². The molecule has 15 heavy (non-hydrogen) atoms. The maximum atomic E-state index is 11.5. The van der Waals surface area contributed by atoms with Crippen LogP contribution in [0.15, 0.2) is 12.3 Å². The van der Waals surface area contributed by atoms with Gasteiger partial charge in [-0.3, -0.25) is 4.79 Å². The van der Waals surface area contributed by atoms with Gasteiger partial charge in [0.15, 0.2) is 0 Å². The fraction of sp³-hybridized carbons (Fsp3) is 0.600. The Morgan fingerprint density at radius 3 is 2.93 bits per heavy atom. The highest BCUT2D eigenvalue weighted by atomic mass is 16.1. The zero-order valence-corrected chi connectivity index (χ0v) is 9.03. The molecule has 1 fully saturated rings. The van der Waals surface area contributed by atoms with E-state index < -0.39 is 0 Å². The molecule has 0 unspecified atom stereocenters. The largest absolute Gasteiger partial charge is 0.312 e. The van der Waals surface area contributed by atoms with Crippen molar-refractivity contribution in [3.8, 4) is 0 Å². The van der Waals surface area contributed by atoms with Crippen LogP contribution in [-0.2, 0) is 4.79 Å². The van der Waals surface area contributed by atoms with Crippen LogP contribution in [0.2, 0.25) is 0 Å². The molecule has 0 atom stereocenters. The van der Waals surface area contributed by atoms with Gasteiger partial charge in [-0.15, -0.1) is 0 Å². The van der Waals surface area contributed by atoms with Crippen LogP contribution in [0.3, 0.4) is 0 Å². The molecule has 0 spiro atoms. The number of rotatable bonds is 3. The lowest BCUT2D eigenvalue weighted by Crippen LogP contribution is -2.44. The van der Waals surface area contributed by atoms with E-state index in [0.717, 1.165) is 18.9 Å². The summed E-state index contributed by atoms with van der Waals surface area (Å²) in [5.74, 6) is 0.817. The maximum Gasteiger partial charge on any atom is 0.228 e. The summed E-state index contributed by atoms with van der Waals surface area (Å²) in [5, 5.41) is 10.3. The lowest BCUT2D eigenvalue weighted by molar-refractivity contribution is -0.118. The van der Waals surface area contributed by atoms with Gasteiger partial charge in [-0.2, -0.15) is 5.10 Å². The number of nitrogens with one attached hydrogen (secondary N) is 2. The Morgan fingerprint density at radius 2 is 2.40 bits per heavy atom. The fourth-order valence-corrected chi connectivity index (χ4v) is 1.42. The summed E-state index contributed by atoms with van der Waals surface area (Å²) < 4.78 is 1.87. The summed E-state index contributed by atoms with van der Waals surface area (Å²) in [5.41, 5.74) is 0. The van der Waals surface area contributed by atoms with Crippen molar-refractivity contribution >= 4 is 11.7 Å². The predicted octanol–water partition coefficient (Wildman–Crippen LogP) is 0.622. The molecule has 1 aliphatic heterocycles. The van der Waals surface area contributed by atoms with Gasteiger partial charge < -0.3 is 10.6 Å². The van der Waals surface area contributed by atoms with Gasteiger partial charge in [0.25, 0.3) is 0 Å². The van der Waals surface area contributed by atoms with E-state index in [0.29, 0.717) is 6.04 Å². The highest BCUT2D eigenvalue weighted by Crippen LogP contribution is 2.17. The molecular formula is C10H16N4O. The maximum absolute atomic E-state index is 11.5. The van der Waals surface area contributed by atoms with Crippen LogP contribution in [0.25, 0.3) is 0 Å². The summed E-state index contributed by atoms with van der Waals surface area (Å²) in [7, 11) is 0. The first-order valence-electron chi connectivity index (χ1n) is 5.23. The lowest BCUT2D eigenvalue weighted by Gasteiger charge is -2.28. The van der Waals surface area contributed by atoms with Crippen LogP contribution in [0.1, 0.15) is 19.9 Å². The number of hydrogen-bond acceptors (Lipinski definition) is 3. The van der Waals surface area contributed by atoms with E-state index in [1.54, 1.807) is 6.20 Å². The molecule has 0 saturated carbocycles. The van der Waals surface area contributed by atoms with E-state index in [4.69, 9.17) is 0 Å². The molecule has 5 heteroatoms. The molecule has 0 bridgehead atoms. The first kappa shape index (κ1) is 10.2. The molecule has 5 nitrogen and oxygen atoms in total. The molecular weight excluding hydrogens is 192 g/mol. The number of hydrogen-bond donors (Lipinski definition) is 2. The summed E-state index contributed by atoms with van der Waals surface area (Å²) in [6.07, 6.45) is 1.72. The zero-order chi connectivity index (χ0) is 10.8. The highest BCUT2D eigenvalue weighted by Gasteiger charge is 2.22. The van der Waals surface area contributed by atoms with Crippen LogP contribution in [0.4, 0.5) is 5.82 Å². The lowest BCUT2D eigenvalue weighted by atomic mass is 10.2. The van der Waals surface area contributed by atoms with Crippen molar-refractivity contribution in [3.63, 3.8) is 0 Å². The summed E-state index contributed by atoms with van der Waals surface area (Å²) in [4.78, 5) is 11.5. The number of amides is 1. The van der Waals surface area contributed by atoms with Gasteiger partial charge in [0.2, 0.25) is 5.91 Å². The molecule has 2 heterocycles. The molecule has 82 valence electrons. The summed E-state index contributed by atoms with van der Waals surface area (Å²) in [6, 6.07) is 2.21. The Kier molecular flexibility index (Phi) is 2.73. The molecule has 1 aromatic rings. The minimum absolute atomic E-state index is 0.00661. The third-order valence-electron chi connectivity index (χ3n) is 2.55. The number of carbonyl (C=O) groups is 1. The molecule has 0 aliphatic carbocycles. The minimum Gasteiger partial charge on any atom is -0.312 e.